The van der Waals surface area contributed by atoms with Crippen LogP contribution >= 0.6 is 0 Å². The lowest BCUT2D eigenvalue weighted by Gasteiger charge is -2.19. The van der Waals surface area contributed by atoms with E-state index in [1.807, 2.05) is 6.07 Å². The van der Waals surface area contributed by atoms with Crippen LogP contribution in [-0.2, 0) is 0 Å². The van der Waals surface area contributed by atoms with Crippen LogP contribution in [0.2, 0.25) is 0 Å². The lowest BCUT2D eigenvalue weighted by molar-refractivity contribution is 0.641. The maximum atomic E-state index is 8.84. The third kappa shape index (κ3) is 2.32. The van der Waals surface area contributed by atoms with E-state index in [2.05, 4.69) is 27.4 Å². The topological polar surface area (TPSA) is 61.6 Å². The van der Waals surface area contributed by atoms with Crippen molar-refractivity contribution in [3.63, 3.8) is 0 Å². The van der Waals surface area contributed by atoms with Crippen LogP contribution < -0.4 is 5.32 Å². The van der Waals surface area contributed by atoms with Crippen molar-refractivity contribution in [2.75, 3.05) is 5.32 Å². The summed E-state index contributed by atoms with van der Waals surface area (Å²) in [5, 5.41) is 12.1. The number of aromatic nitrogens is 2. The van der Waals surface area contributed by atoms with E-state index in [9.17, 15) is 0 Å². The molecule has 1 aliphatic rings. The van der Waals surface area contributed by atoms with E-state index in [-0.39, 0.29) is 0 Å². The van der Waals surface area contributed by atoms with E-state index in [1.54, 1.807) is 6.20 Å². The van der Waals surface area contributed by atoms with Gasteiger partial charge in [-0.15, -0.1) is 0 Å². The van der Waals surface area contributed by atoms with Crippen LogP contribution in [0, 0.1) is 11.3 Å². The van der Waals surface area contributed by atoms with Gasteiger partial charge in [0.25, 0.3) is 0 Å². The smallest absolute Gasteiger partial charge is 0.182 e. The van der Waals surface area contributed by atoms with Gasteiger partial charge >= 0.3 is 0 Å². The first kappa shape index (κ1) is 9.66. The van der Waals surface area contributed by atoms with Gasteiger partial charge in [0.05, 0.1) is 0 Å². The molecular weight excluding hydrogens is 188 g/mol. The normalized spacial score (nSPS) is 19.5. The SMILES string of the molecule is N#Cc1nccnc1N[C@H]1CC=CCC1. The minimum absolute atomic E-state index is 0.368. The third-order valence-corrected chi connectivity index (χ3v) is 2.41. The van der Waals surface area contributed by atoms with E-state index in [1.165, 1.54) is 6.20 Å². The lowest BCUT2D eigenvalue weighted by atomic mass is 10.0. The largest absolute Gasteiger partial charge is 0.365 e. The molecule has 1 heterocycles. The van der Waals surface area contributed by atoms with Crippen LogP contribution in [0.1, 0.15) is 25.0 Å². The highest BCUT2D eigenvalue weighted by Gasteiger charge is 2.12. The molecule has 1 aliphatic carbocycles. The van der Waals surface area contributed by atoms with E-state index in [4.69, 9.17) is 5.26 Å². The second kappa shape index (κ2) is 4.56. The predicted molar refractivity (Wildman–Crippen MR) is 57.1 cm³/mol. The highest BCUT2D eigenvalue weighted by molar-refractivity contribution is 5.47. The second-order valence-electron chi connectivity index (χ2n) is 3.49. The summed E-state index contributed by atoms with van der Waals surface area (Å²) in [4.78, 5) is 8.08. The Morgan fingerprint density at radius 3 is 2.93 bits per heavy atom. The first-order valence-electron chi connectivity index (χ1n) is 5.03. The van der Waals surface area contributed by atoms with Crippen LogP contribution in [0.4, 0.5) is 5.82 Å². The number of nitriles is 1. The molecule has 0 amide bonds. The summed E-state index contributed by atoms with van der Waals surface area (Å²) in [5.41, 5.74) is 0.368. The number of hydrogen-bond acceptors (Lipinski definition) is 4. The van der Waals surface area contributed by atoms with Crippen LogP contribution in [0.15, 0.2) is 24.5 Å². The van der Waals surface area contributed by atoms with Crippen molar-refractivity contribution in [1.82, 2.24) is 9.97 Å². The zero-order valence-corrected chi connectivity index (χ0v) is 8.35. The summed E-state index contributed by atoms with van der Waals surface area (Å²) in [6.45, 7) is 0. The fourth-order valence-electron chi connectivity index (χ4n) is 1.64. The highest BCUT2D eigenvalue weighted by atomic mass is 15.0. The summed E-state index contributed by atoms with van der Waals surface area (Å²) in [6.07, 6.45) is 10.6. The molecule has 0 fully saturated rings. The molecule has 1 N–H and O–H groups in total. The molecule has 76 valence electrons. The van der Waals surface area contributed by atoms with Gasteiger partial charge in [0.15, 0.2) is 11.5 Å². The van der Waals surface area contributed by atoms with Crippen molar-refractivity contribution in [1.29, 1.82) is 5.26 Å². The lowest BCUT2D eigenvalue weighted by Crippen LogP contribution is -2.21. The summed E-state index contributed by atoms with van der Waals surface area (Å²) in [6, 6.07) is 2.40. The van der Waals surface area contributed by atoms with E-state index < -0.39 is 0 Å². The standard InChI is InChI=1S/C11H12N4/c12-8-10-11(14-7-6-13-10)15-9-4-2-1-3-5-9/h1-2,6-7,9H,3-5H2,(H,14,15)/t9-/m0/s1. The number of hydrogen-bond donors (Lipinski definition) is 1. The molecule has 1 aromatic rings. The van der Waals surface area contributed by atoms with Crippen LogP contribution in [0.3, 0.4) is 0 Å². The van der Waals surface area contributed by atoms with Crippen LogP contribution in [-0.4, -0.2) is 16.0 Å². The van der Waals surface area contributed by atoms with Crippen LogP contribution in [0.25, 0.3) is 0 Å². The first-order chi connectivity index (χ1) is 7.40. The number of rotatable bonds is 2. The Balaban J connectivity index is 2.10. The van der Waals surface area contributed by atoms with E-state index in [0.717, 1.165) is 19.3 Å². The van der Waals surface area contributed by atoms with Gasteiger partial charge in [-0.2, -0.15) is 5.26 Å². The maximum absolute atomic E-state index is 8.84. The van der Waals surface area contributed by atoms with Gasteiger partial charge in [-0.05, 0) is 19.3 Å². The van der Waals surface area contributed by atoms with Gasteiger partial charge in [0.1, 0.15) is 6.07 Å². The minimum Gasteiger partial charge on any atom is -0.365 e. The number of anilines is 1. The Morgan fingerprint density at radius 1 is 1.33 bits per heavy atom. The van der Waals surface area contributed by atoms with Gasteiger partial charge in [0, 0.05) is 18.4 Å². The van der Waals surface area contributed by atoms with Crippen molar-refractivity contribution in [2.24, 2.45) is 0 Å². The average Bonchev–Trinajstić information content (AvgIpc) is 2.31. The van der Waals surface area contributed by atoms with Gasteiger partial charge in [-0.1, -0.05) is 12.2 Å². The first-order valence-corrected chi connectivity index (χ1v) is 5.03. The highest BCUT2D eigenvalue weighted by Crippen LogP contribution is 2.16. The fraction of sp³-hybridized carbons (Fsp3) is 0.364. The number of nitrogens with one attached hydrogen (secondary N) is 1. The zero-order valence-electron chi connectivity index (χ0n) is 8.35. The van der Waals surface area contributed by atoms with Crippen molar-refractivity contribution < 1.29 is 0 Å². The molecule has 15 heavy (non-hydrogen) atoms. The summed E-state index contributed by atoms with van der Waals surface area (Å²) < 4.78 is 0. The predicted octanol–water partition coefficient (Wildman–Crippen LogP) is 1.87. The van der Waals surface area contributed by atoms with Gasteiger partial charge in [0.2, 0.25) is 0 Å². The molecule has 0 bridgehead atoms. The number of nitrogens with zero attached hydrogens (tertiary/aromatic N) is 3. The van der Waals surface area contributed by atoms with Gasteiger partial charge < -0.3 is 5.32 Å². The molecule has 0 aromatic carbocycles. The summed E-state index contributed by atoms with van der Waals surface area (Å²) in [5.74, 6) is 0.598. The molecule has 0 aliphatic heterocycles. The molecule has 1 atom stereocenters. The molecule has 4 nitrogen and oxygen atoms in total. The number of allylic oxidation sites excluding steroid dienone is 1. The molecule has 0 saturated carbocycles. The zero-order chi connectivity index (χ0) is 10.5. The van der Waals surface area contributed by atoms with Crippen molar-refractivity contribution >= 4 is 5.82 Å². The Morgan fingerprint density at radius 2 is 2.20 bits per heavy atom. The maximum Gasteiger partial charge on any atom is 0.182 e. The minimum atomic E-state index is 0.368. The van der Waals surface area contributed by atoms with Crippen molar-refractivity contribution in [3.8, 4) is 6.07 Å². The molecule has 1 aromatic heterocycles. The van der Waals surface area contributed by atoms with Gasteiger partial charge in [-0.3, -0.25) is 0 Å². The quantitative estimate of drug-likeness (QED) is 0.740. The Labute approximate surface area is 88.7 Å². The Kier molecular flexibility index (Phi) is 2.93. The van der Waals surface area contributed by atoms with Crippen molar-refractivity contribution in [2.45, 2.75) is 25.3 Å². The van der Waals surface area contributed by atoms with E-state index >= 15 is 0 Å². The molecule has 0 spiro atoms. The van der Waals surface area contributed by atoms with Gasteiger partial charge in [-0.25, -0.2) is 9.97 Å². The molecule has 4 heteroatoms. The average molecular weight is 200 g/mol. The third-order valence-electron chi connectivity index (χ3n) is 2.41. The van der Waals surface area contributed by atoms with Crippen molar-refractivity contribution in [3.05, 3.63) is 30.2 Å². The Bertz CT molecular complexity index is 405. The summed E-state index contributed by atoms with van der Waals surface area (Å²) >= 11 is 0. The molecule has 0 unspecified atom stereocenters. The molecule has 2 rings (SSSR count). The van der Waals surface area contributed by atoms with E-state index in [0.29, 0.717) is 17.6 Å². The molecule has 0 radical (unpaired) electrons. The monoisotopic (exact) mass is 200 g/mol. The molecular formula is C11H12N4. The second-order valence-corrected chi connectivity index (χ2v) is 3.49. The Hall–Kier alpha value is -1.89. The summed E-state index contributed by atoms with van der Waals surface area (Å²) in [7, 11) is 0. The molecule has 0 saturated heterocycles. The fourth-order valence-corrected chi connectivity index (χ4v) is 1.64. The van der Waals surface area contributed by atoms with Crippen LogP contribution in [0.5, 0.6) is 0 Å².